The van der Waals surface area contributed by atoms with Crippen molar-refractivity contribution in [2.24, 2.45) is 0 Å². The van der Waals surface area contributed by atoms with Gasteiger partial charge in [-0.15, -0.1) is 12.4 Å². The van der Waals surface area contributed by atoms with E-state index in [1.807, 2.05) is 36.4 Å². The van der Waals surface area contributed by atoms with Crippen LogP contribution in [0, 0.1) is 22.7 Å². The van der Waals surface area contributed by atoms with Gasteiger partial charge in [0.05, 0.1) is 27.3 Å². The van der Waals surface area contributed by atoms with Crippen molar-refractivity contribution in [3.8, 4) is 12.1 Å². The molecule has 2 aromatic carbocycles. The molecule has 12 heteroatoms. The van der Waals surface area contributed by atoms with E-state index in [-0.39, 0.29) is 49.1 Å². The van der Waals surface area contributed by atoms with E-state index in [1.165, 1.54) is 35.6 Å². The summed E-state index contributed by atoms with van der Waals surface area (Å²) in [7, 11) is -3.92. The van der Waals surface area contributed by atoms with Crippen LogP contribution in [0.2, 0.25) is 0 Å². The van der Waals surface area contributed by atoms with Gasteiger partial charge < -0.3 is 4.90 Å². The highest BCUT2D eigenvalue weighted by atomic mass is 35.5. The lowest BCUT2D eigenvalue weighted by atomic mass is 10.2. The maximum atomic E-state index is 13.6. The van der Waals surface area contributed by atoms with Crippen LogP contribution >= 0.6 is 23.7 Å². The van der Waals surface area contributed by atoms with Crippen molar-refractivity contribution in [3.63, 3.8) is 0 Å². The number of anilines is 1. The van der Waals surface area contributed by atoms with Crippen LogP contribution in [0.15, 0.2) is 53.4 Å². The van der Waals surface area contributed by atoms with Crippen LogP contribution in [0.4, 0.5) is 5.13 Å². The number of aromatic nitrogens is 1. The highest BCUT2D eigenvalue weighted by Crippen LogP contribution is 2.30. The lowest BCUT2D eigenvalue weighted by Crippen LogP contribution is -2.39. The highest BCUT2D eigenvalue weighted by Gasteiger charge is 2.26. The minimum atomic E-state index is -3.92. The number of fused-ring (bicyclic) bond motifs is 1. The number of nitrogens with zero attached hydrogens (tertiary/aromatic N) is 6. The fraction of sp³-hybridized carbons (Fsp3) is 0.385. The zero-order valence-corrected chi connectivity index (χ0v) is 23.9. The van der Waals surface area contributed by atoms with Crippen molar-refractivity contribution < 1.29 is 13.2 Å². The van der Waals surface area contributed by atoms with Gasteiger partial charge in [0, 0.05) is 44.6 Å². The molecule has 3 aromatic rings. The zero-order valence-electron chi connectivity index (χ0n) is 21.4. The highest BCUT2D eigenvalue weighted by molar-refractivity contribution is 7.89. The number of amides is 1. The summed E-state index contributed by atoms with van der Waals surface area (Å²) < 4.78 is 28.4. The van der Waals surface area contributed by atoms with Gasteiger partial charge in [0.15, 0.2) is 5.13 Å². The third-order valence-corrected chi connectivity index (χ3v) is 8.95. The first-order chi connectivity index (χ1) is 17.8. The van der Waals surface area contributed by atoms with Crippen molar-refractivity contribution in [2.75, 3.05) is 44.2 Å². The zero-order chi connectivity index (χ0) is 26.8. The number of sulfonamides is 1. The number of hydrogen-bond donors (Lipinski definition) is 0. The molecule has 0 unspecified atom stereocenters. The topological polar surface area (TPSA) is 121 Å². The van der Waals surface area contributed by atoms with Gasteiger partial charge in [0.1, 0.15) is 0 Å². The quantitative estimate of drug-likeness (QED) is 0.294. The number of likely N-dealkylation sites (N-methyl/N-ethyl adjacent to an activating group) is 1. The number of thiazole rings is 1. The number of para-hydroxylation sites is 1. The molecule has 9 nitrogen and oxygen atoms in total. The van der Waals surface area contributed by atoms with Crippen LogP contribution in [0.1, 0.15) is 37.0 Å². The van der Waals surface area contributed by atoms with Gasteiger partial charge in [-0.25, -0.2) is 13.4 Å². The van der Waals surface area contributed by atoms with Crippen LogP contribution in [-0.4, -0.2) is 67.8 Å². The molecule has 3 rings (SSSR count). The van der Waals surface area contributed by atoms with Gasteiger partial charge in [-0.3, -0.25) is 9.69 Å². The number of hydrogen-bond acceptors (Lipinski definition) is 8. The Kier molecular flexibility index (Phi) is 12.1. The van der Waals surface area contributed by atoms with E-state index in [1.54, 1.807) is 4.90 Å². The number of nitriles is 2. The van der Waals surface area contributed by atoms with E-state index in [4.69, 9.17) is 10.5 Å². The molecule has 0 fully saturated rings. The van der Waals surface area contributed by atoms with E-state index >= 15 is 0 Å². The van der Waals surface area contributed by atoms with Gasteiger partial charge in [0.2, 0.25) is 10.0 Å². The Balaban J connectivity index is 0.00000507. The van der Waals surface area contributed by atoms with Crippen molar-refractivity contribution in [1.29, 1.82) is 10.5 Å². The average molecular weight is 575 g/mol. The average Bonchev–Trinajstić information content (AvgIpc) is 3.35. The van der Waals surface area contributed by atoms with Crippen LogP contribution in [0.25, 0.3) is 10.2 Å². The normalized spacial score (nSPS) is 11.2. The second-order valence-corrected chi connectivity index (χ2v) is 11.1. The van der Waals surface area contributed by atoms with Gasteiger partial charge in [-0.1, -0.05) is 37.3 Å². The number of carbonyl (C=O) groups is 1. The largest absolute Gasteiger partial charge is 0.302 e. The van der Waals surface area contributed by atoms with Gasteiger partial charge >= 0.3 is 0 Å². The number of benzene rings is 2. The summed E-state index contributed by atoms with van der Waals surface area (Å²) in [4.78, 5) is 22.2. The second-order valence-electron chi connectivity index (χ2n) is 8.19. The minimum absolute atomic E-state index is 0. The molecule has 0 spiro atoms. The van der Waals surface area contributed by atoms with Crippen LogP contribution in [0.3, 0.4) is 0 Å². The first kappa shape index (κ1) is 31.2. The standard InChI is InChI=1S/C26H30N6O3S2.ClH/c1-3-30(4-2)19-20-32(26-29-23-9-5-6-10-24(23)36-26)25(33)21-11-13-22(14-12-21)37(34,35)31(17-7-15-27)18-8-16-28;/h5-6,9-14H,3-4,7-8,17-20H2,1-2H3;1H. The van der Waals surface area contributed by atoms with Crippen molar-refractivity contribution >= 4 is 55.0 Å². The Morgan fingerprint density at radius 1 is 0.921 bits per heavy atom. The van der Waals surface area contributed by atoms with Gasteiger partial charge in [-0.2, -0.15) is 14.8 Å². The molecular formula is C26H31ClN6O3S2. The summed E-state index contributed by atoms with van der Waals surface area (Å²) in [6.07, 6.45) is 0.0375. The fourth-order valence-electron chi connectivity index (χ4n) is 3.82. The molecule has 0 saturated carbocycles. The summed E-state index contributed by atoms with van der Waals surface area (Å²) in [6.45, 7) is 6.98. The smallest absolute Gasteiger partial charge is 0.260 e. The van der Waals surface area contributed by atoms with E-state index < -0.39 is 10.0 Å². The Labute approximate surface area is 234 Å². The molecule has 0 aliphatic rings. The molecular weight excluding hydrogens is 544 g/mol. The van der Waals surface area contributed by atoms with E-state index in [2.05, 4.69) is 23.7 Å². The molecule has 202 valence electrons. The van der Waals surface area contributed by atoms with Crippen molar-refractivity contribution in [1.82, 2.24) is 14.2 Å². The molecule has 0 atom stereocenters. The molecule has 0 bridgehead atoms. The molecule has 1 amide bonds. The van der Waals surface area contributed by atoms with Crippen LogP contribution in [-0.2, 0) is 10.0 Å². The monoisotopic (exact) mass is 574 g/mol. The Morgan fingerprint density at radius 2 is 1.53 bits per heavy atom. The molecule has 38 heavy (non-hydrogen) atoms. The molecule has 0 saturated heterocycles. The fourth-order valence-corrected chi connectivity index (χ4v) is 6.25. The molecule has 0 radical (unpaired) electrons. The van der Waals surface area contributed by atoms with Crippen LogP contribution in [0.5, 0.6) is 0 Å². The third kappa shape index (κ3) is 7.50. The number of carbonyl (C=O) groups excluding carboxylic acids is 1. The minimum Gasteiger partial charge on any atom is -0.302 e. The summed E-state index contributed by atoms with van der Waals surface area (Å²) in [6, 6.07) is 17.4. The molecule has 0 aliphatic carbocycles. The van der Waals surface area contributed by atoms with Crippen molar-refractivity contribution in [3.05, 3.63) is 54.1 Å². The molecule has 0 N–H and O–H groups in total. The predicted molar refractivity (Wildman–Crippen MR) is 152 cm³/mol. The number of rotatable bonds is 13. The number of halogens is 1. The summed E-state index contributed by atoms with van der Waals surface area (Å²) >= 11 is 1.44. The lowest BCUT2D eigenvalue weighted by molar-refractivity contribution is 0.0983. The van der Waals surface area contributed by atoms with Gasteiger partial charge in [0.25, 0.3) is 5.91 Å². The summed E-state index contributed by atoms with van der Waals surface area (Å²) in [5.41, 5.74) is 1.16. The van der Waals surface area contributed by atoms with E-state index in [0.717, 1.165) is 27.6 Å². The molecule has 1 heterocycles. The maximum Gasteiger partial charge on any atom is 0.260 e. The Hall–Kier alpha value is -3.06. The maximum absolute atomic E-state index is 13.6. The van der Waals surface area contributed by atoms with Crippen LogP contribution < -0.4 is 4.90 Å². The Morgan fingerprint density at radius 3 is 2.08 bits per heavy atom. The SMILES string of the molecule is CCN(CC)CCN(C(=O)c1ccc(S(=O)(=O)N(CCC#N)CCC#N)cc1)c1nc2ccccc2s1.Cl. The summed E-state index contributed by atoms with van der Waals surface area (Å²) in [5.74, 6) is -0.263. The third-order valence-electron chi connectivity index (χ3n) is 5.98. The predicted octanol–water partition coefficient (Wildman–Crippen LogP) is 4.52. The second kappa shape index (κ2) is 14.8. The van der Waals surface area contributed by atoms with E-state index in [9.17, 15) is 13.2 Å². The summed E-state index contributed by atoms with van der Waals surface area (Å²) in [5, 5.41) is 18.4. The van der Waals surface area contributed by atoms with E-state index in [0.29, 0.717) is 23.8 Å². The Bertz CT molecular complexity index is 1340. The molecule has 1 aromatic heterocycles. The first-order valence-corrected chi connectivity index (χ1v) is 14.3. The lowest BCUT2D eigenvalue weighted by Gasteiger charge is -2.25. The molecule has 0 aliphatic heterocycles. The first-order valence-electron chi connectivity index (χ1n) is 12.1. The van der Waals surface area contributed by atoms with Gasteiger partial charge in [-0.05, 0) is 49.5 Å². The van der Waals surface area contributed by atoms with Crippen molar-refractivity contribution in [2.45, 2.75) is 31.6 Å².